The van der Waals surface area contributed by atoms with E-state index in [0.717, 1.165) is 0 Å². The van der Waals surface area contributed by atoms with Gasteiger partial charge in [-0.3, -0.25) is 0 Å². The molecule has 8 nitrogen and oxygen atoms in total. The van der Waals surface area contributed by atoms with Crippen molar-refractivity contribution in [1.29, 1.82) is 0 Å². The van der Waals surface area contributed by atoms with Gasteiger partial charge in [0, 0.05) is 33.2 Å². The first-order chi connectivity index (χ1) is 11.2. The predicted molar refractivity (Wildman–Crippen MR) is 94.0 cm³/mol. The van der Waals surface area contributed by atoms with Crippen molar-refractivity contribution < 1.29 is 8.42 Å². The Hall–Kier alpha value is -1.97. The number of halogens is 1. The second kappa shape index (κ2) is 7.29. The summed E-state index contributed by atoms with van der Waals surface area (Å²) in [6.07, 6.45) is 0. The fourth-order valence-electron chi connectivity index (χ4n) is 1.75. The number of nitrogens with one attached hydrogen (secondary N) is 1. The number of nitrogens with zero attached hydrogens (tertiary/aromatic N) is 5. The number of hydrogen-bond donors (Lipinski definition) is 1. The molecule has 0 atom stereocenters. The van der Waals surface area contributed by atoms with Crippen LogP contribution in [0, 0.1) is 0 Å². The monoisotopic (exact) mass is 370 g/mol. The average Bonchev–Trinajstić information content (AvgIpc) is 2.52. The van der Waals surface area contributed by atoms with Crippen molar-refractivity contribution in [2.24, 2.45) is 0 Å². The molecule has 0 saturated heterocycles. The van der Waals surface area contributed by atoms with Crippen molar-refractivity contribution in [2.45, 2.75) is 11.4 Å². The molecule has 0 aliphatic carbocycles. The van der Waals surface area contributed by atoms with E-state index >= 15 is 0 Å². The molecule has 1 N–H and O–H groups in total. The van der Waals surface area contributed by atoms with Crippen LogP contribution in [-0.2, 0) is 16.6 Å². The van der Waals surface area contributed by atoms with Crippen LogP contribution in [0.15, 0.2) is 29.2 Å². The van der Waals surface area contributed by atoms with Crippen LogP contribution in [0.3, 0.4) is 0 Å². The molecule has 0 saturated carbocycles. The molecule has 10 heteroatoms. The summed E-state index contributed by atoms with van der Waals surface area (Å²) in [5.41, 5.74) is 0. The van der Waals surface area contributed by atoms with E-state index in [-0.39, 0.29) is 11.4 Å². The van der Waals surface area contributed by atoms with Crippen LogP contribution in [-0.4, -0.2) is 51.6 Å². The summed E-state index contributed by atoms with van der Waals surface area (Å²) in [4.78, 5) is 16.3. The fraction of sp³-hybridized carbons (Fsp3) is 0.357. The minimum absolute atomic E-state index is 0.0565. The Morgan fingerprint density at radius 2 is 1.62 bits per heavy atom. The first-order valence-electron chi connectivity index (χ1n) is 7.04. The van der Waals surface area contributed by atoms with Gasteiger partial charge >= 0.3 is 0 Å². The van der Waals surface area contributed by atoms with Crippen molar-refractivity contribution in [3.8, 4) is 0 Å². The highest BCUT2D eigenvalue weighted by molar-refractivity contribution is 7.89. The van der Waals surface area contributed by atoms with E-state index in [1.807, 2.05) is 0 Å². The smallest absolute Gasteiger partial charge is 0.241 e. The number of hydrogen-bond acceptors (Lipinski definition) is 7. The lowest BCUT2D eigenvalue weighted by Gasteiger charge is -2.16. The zero-order chi connectivity index (χ0) is 17.9. The molecule has 2 rings (SSSR count). The van der Waals surface area contributed by atoms with Gasteiger partial charge in [-0.2, -0.15) is 15.0 Å². The molecule has 130 valence electrons. The average molecular weight is 371 g/mol. The van der Waals surface area contributed by atoms with Crippen LogP contribution < -0.4 is 14.5 Å². The zero-order valence-electron chi connectivity index (χ0n) is 13.9. The van der Waals surface area contributed by atoms with E-state index in [1.165, 1.54) is 12.1 Å². The highest BCUT2D eigenvalue weighted by Crippen LogP contribution is 2.16. The Morgan fingerprint density at radius 3 is 2.12 bits per heavy atom. The van der Waals surface area contributed by atoms with Crippen molar-refractivity contribution in [3.05, 3.63) is 35.1 Å². The summed E-state index contributed by atoms with van der Waals surface area (Å²) in [5, 5.41) is 0.350. The van der Waals surface area contributed by atoms with Gasteiger partial charge in [-0.05, 0) is 18.2 Å². The van der Waals surface area contributed by atoms with Crippen LogP contribution in [0.2, 0.25) is 5.02 Å². The topological polar surface area (TPSA) is 91.3 Å². The Bertz CT molecular complexity index is 800. The molecule has 1 aromatic carbocycles. The van der Waals surface area contributed by atoms with Gasteiger partial charge in [0.15, 0.2) is 5.82 Å². The summed E-state index contributed by atoms with van der Waals surface area (Å²) in [6.45, 7) is -0.0565. The molecule has 0 amide bonds. The summed E-state index contributed by atoms with van der Waals surface area (Å²) >= 11 is 5.84. The third-order valence-corrected chi connectivity index (χ3v) is 4.62. The Labute approximate surface area is 146 Å². The maximum absolute atomic E-state index is 12.3. The number of sulfonamides is 1. The number of rotatable bonds is 6. The Morgan fingerprint density at radius 1 is 1.04 bits per heavy atom. The molecule has 0 aliphatic rings. The molecule has 2 aromatic rings. The van der Waals surface area contributed by atoms with E-state index in [4.69, 9.17) is 11.6 Å². The van der Waals surface area contributed by atoms with Crippen molar-refractivity contribution in [3.63, 3.8) is 0 Å². The molecule has 0 radical (unpaired) electrons. The number of anilines is 2. The van der Waals surface area contributed by atoms with Crippen LogP contribution in [0.5, 0.6) is 0 Å². The fourth-order valence-corrected chi connectivity index (χ4v) is 3.03. The van der Waals surface area contributed by atoms with Gasteiger partial charge in [-0.15, -0.1) is 0 Å². The maximum atomic E-state index is 12.3. The van der Waals surface area contributed by atoms with Crippen LogP contribution >= 0.6 is 11.6 Å². The third-order valence-electron chi connectivity index (χ3n) is 2.98. The Balaban J connectivity index is 2.25. The van der Waals surface area contributed by atoms with Crippen LogP contribution in [0.25, 0.3) is 0 Å². The van der Waals surface area contributed by atoms with Gasteiger partial charge in [0.25, 0.3) is 0 Å². The summed E-state index contributed by atoms with van der Waals surface area (Å²) in [5.74, 6) is 1.22. The normalized spacial score (nSPS) is 11.4. The van der Waals surface area contributed by atoms with E-state index in [9.17, 15) is 8.42 Å². The van der Waals surface area contributed by atoms with Crippen molar-refractivity contribution in [1.82, 2.24) is 19.7 Å². The lowest BCUT2D eigenvalue weighted by atomic mass is 10.4. The maximum Gasteiger partial charge on any atom is 0.241 e. The molecule has 0 fully saturated rings. The van der Waals surface area contributed by atoms with Crippen molar-refractivity contribution >= 4 is 33.5 Å². The molecular weight excluding hydrogens is 352 g/mol. The SMILES string of the molecule is CN(C)c1nc(CNS(=O)(=O)c2cccc(Cl)c2)nc(N(C)C)n1. The molecular formula is C14H19ClN6O2S. The van der Waals surface area contributed by atoms with Gasteiger partial charge in [0.1, 0.15) is 0 Å². The molecule has 0 bridgehead atoms. The first-order valence-corrected chi connectivity index (χ1v) is 8.90. The lowest BCUT2D eigenvalue weighted by molar-refractivity contribution is 0.579. The summed E-state index contributed by atoms with van der Waals surface area (Å²) in [7, 11) is 3.49. The number of aromatic nitrogens is 3. The first kappa shape index (κ1) is 18.4. The second-order valence-corrected chi connectivity index (χ2v) is 7.63. The Kier molecular flexibility index (Phi) is 5.58. The van der Waals surface area contributed by atoms with Gasteiger partial charge in [0.2, 0.25) is 21.9 Å². The molecule has 0 spiro atoms. The van der Waals surface area contributed by atoms with Gasteiger partial charge in [-0.1, -0.05) is 17.7 Å². The summed E-state index contributed by atoms with van der Waals surface area (Å²) < 4.78 is 27.1. The number of benzene rings is 1. The molecule has 0 unspecified atom stereocenters. The van der Waals surface area contributed by atoms with Gasteiger partial charge in [0.05, 0.1) is 11.4 Å². The van der Waals surface area contributed by atoms with Gasteiger partial charge < -0.3 is 9.80 Å². The van der Waals surface area contributed by atoms with E-state index in [0.29, 0.717) is 22.7 Å². The molecule has 1 heterocycles. The standard InChI is InChI=1S/C14H19ClN6O2S/c1-20(2)13-17-12(18-14(19-13)21(3)4)9-16-24(22,23)11-7-5-6-10(15)8-11/h5-8,16H,9H2,1-4H3. The molecule has 1 aromatic heterocycles. The minimum Gasteiger partial charge on any atom is -0.347 e. The van der Waals surface area contributed by atoms with E-state index in [2.05, 4.69) is 19.7 Å². The second-order valence-electron chi connectivity index (χ2n) is 5.42. The van der Waals surface area contributed by atoms with E-state index in [1.54, 1.807) is 50.1 Å². The molecule has 0 aliphatic heterocycles. The van der Waals surface area contributed by atoms with Crippen molar-refractivity contribution in [2.75, 3.05) is 38.0 Å². The summed E-state index contributed by atoms with van der Waals surface area (Å²) in [6, 6.07) is 6.04. The highest BCUT2D eigenvalue weighted by Gasteiger charge is 2.16. The third kappa shape index (κ3) is 4.53. The lowest BCUT2D eigenvalue weighted by Crippen LogP contribution is -2.26. The molecule has 24 heavy (non-hydrogen) atoms. The quantitative estimate of drug-likeness (QED) is 0.815. The van der Waals surface area contributed by atoms with Gasteiger partial charge in [-0.25, -0.2) is 13.1 Å². The predicted octanol–water partition coefficient (Wildman–Crippen LogP) is 1.14. The van der Waals surface area contributed by atoms with E-state index < -0.39 is 10.0 Å². The van der Waals surface area contributed by atoms with Crippen LogP contribution in [0.1, 0.15) is 5.82 Å². The van der Waals surface area contributed by atoms with Crippen LogP contribution in [0.4, 0.5) is 11.9 Å². The largest absolute Gasteiger partial charge is 0.347 e. The zero-order valence-corrected chi connectivity index (χ0v) is 15.4. The minimum atomic E-state index is -3.71. The highest BCUT2D eigenvalue weighted by atomic mass is 35.5.